The maximum atomic E-state index is 12.7. The molecular weight excluding hydrogens is 390 g/mol. The largest absolute Gasteiger partial charge is 0.361 e. The number of likely N-dealkylation sites (tertiary alicyclic amines) is 1. The van der Waals surface area contributed by atoms with E-state index in [4.69, 9.17) is 4.52 Å². The van der Waals surface area contributed by atoms with Crippen molar-refractivity contribution in [3.8, 4) is 0 Å². The van der Waals surface area contributed by atoms with Crippen LogP contribution in [0.1, 0.15) is 41.8 Å². The molecule has 1 atom stereocenters. The molecule has 8 heteroatoms. The minimum Gasteiger partial charge on any atom is -0.361 e. The molecule has 1 aliphatic rings. The molecule has 0 saturated carbocycles. The molecule has 29 heavy (non-hydrogen) atoms. The number of benzene rings is 1. The van der Waals surface area contributed by atoms with Gasteiger partial charge in [0.25, 0.3) is 0 Å². The standard InChI is InChI=1S/C21H29N3O4S/c1-15-6-8-19(9-7-15)29(26,27)22-13-18-5-4-12-24(14-18)21(25)11-10-20-16(2)23-28-17(20)3/h6-9,18,22H,4-5,10-14H2,1-3H3/t18-/m1/s1. The lowest BCUT2D eigenvalue weighted by molar-refractivity contribution is -0.132. The molecule has 1 fully saturated rings. The van der Waals surface area contributed by atoms with Crippen molar-refractivity contribution in [2.45, 2.75) is 51.3 Å². The van der Waals surface area contributed by atoms with Gasteiger partial charge in [-0.05, 0) is 58.1 Å². The third-order valence-electron chi connectivity index (χ3n) is 5.54. The van der Waals surface area contributed by atoms with Gasteiger partial charge in [-0.3, -0.25) is 4.79 Å². The van der Waals surface area contributed by atoms with Gasteiger partial charge in [-0.15, -0.1) is 0 Å². The second kappa shape index (κ2) is 9.09. The Labute approximate surface area is 172 Å². The van der Waals surface area contributed by atoms with Gasteiger partial charge in [0.05, 0.1) is 10.6 Å². The molecule has 2 aromatic rings. The van der Waals surface area contributed by atoms with Crippen LogP contribution in [-0.4, -0.2) is 44.0 Å². The summed E-state index contributed by atoms with van der Waals surface area (Å²) in [4.78, 5) is 14.8. The Kier molecular flexibility index (Phi) is 6.74. The Morgan fingerprint density at radius 2 is 1.97 bits per heavy atom. The van der Waals surface area contributed by atoms with E-state index in [1.165, 1.54) is 0 Å². The molecule has 0 radical (unpaired) electrons. The van der Waals surface area contributed by atoms with Gasteiger partial charge in [-0.1, -0.05) is 22.9 Å². The van der Waals surface area contributed by atoms with Gasteiger partial charge in [0.1, 0.15) is 5.76 Å². The van der Waals surface area contributed by atoms with E-state index >= 15 is 0 Å². The number of aryl methyl sites for hydroxylation is 3. The Morgan fingerprint density at radius 1 is 1.24 bits per heavy atom. The fourth-order valence-electron chi connectivity index (χ4n) is 3.74. The first-order valence-electron chi connectivity index (χ1n) is 10.0. The number of hydrogen-bond donors (Lipinski definition) is 1. The smallest absolute Gasteiger partial charge is 0.240 e. The summed E-state index contributed by atoms with van der Waals surface area (Å²) in [6, 6.07) is 6.80. The second-order valence-electron chi connectivity index (χ2n) is 7.82. The van der Waals surface area contributed by atoms with Crippen LogP contribution < -0.4 is 4.72 Å². The van der Waals surface area contributed by atoms with Crippen LogP contribution >= 0.6 is 0 Å². The SMILES string of the molecule is Cc1ccc(S(=O)(=O)NC[C@H]2CCCN(C(=O)CCc3c(C)noc3C)C2)cc1. The van der Waals surface area contributed by atoms with Gasteiger partial charge in [0, 0.05) is 31.6 Å². The topological polar surface area (TPSA) is 92.5 Å². The summed E-state index contributed by atoms with van der Waals surface area (Å²) in [5.41, 5.74) is 2.84. The highest BCUT2D eigenvalue weighted by Gasteiger charge is 2.25. The van der Waals surface area contributed by atoms with Gasteiger partial charge in [-0.2, -0.15) is 0 Å². The number of hydrogen-bond acceptors (Lipinski definition) is 5. The molecular formula is C21H29N3O4S. The van der Waals surface area contributed by atoms with E-state index < -0.39 is 10.0 Å². The lowest BCUT2D eigenvalue weighted by atomic mass is 9.97. The van der Waals surface area contributed by atoms with Crippen molar-refractivity contribution in [1.82, 2.24) is 14.8 Å². The number of nitrogens with zero attached hydrogens (tertiary/aromatic N) is 2. The van der Waals surface area contributed by atoms with Crippen molar-refractivity contribution in [3.05, 3.63) is 46.8 Å². The first kappa shape index (κ1) is 21.5. The summed E-state index contributed by atoms with van der Waals surface area (Å²) >= 11 is 0. The molecule has 1 amide bonds. The van der Waals surface area contributed by atoms with Crippen molar-refractivity contribution in [2.24, 2.45) is 5.92 Å². The number of carbonyl (C=O) groups excluding carboxylic acids is 1. The summed E-state index contributed by atoms with van der Waals surface area (Å²) in [6.07, 6.45) is 2.81. The highest BCUT2D eigenvalue weighted by atomic mass is 32.2. The minimum atomic E-state index is -3.53. The van der Waals surface area contributed by atoms with Crippen LogP contribution in [-0.2, 0) is 21.2 Å². The molecule has 0 aliphatic carbocycles. The number of sulfonamides is 1. The quantitative estimate of drug-likeness (QED) is 0.745. The fraction of sp³-hybridized carbons (Fsp3) is 0.524. The summed E-state index contributed by atoms with van der Waals surface area (Å²) in [6.45, 7) is 7.30. The molecule has 0 unspecified atom stereocenters. The van der Waals surface area contributed by atoms with E-state index in [-0.39, 0.29) is 16.7 Å². The highest BCUT2D eigenvalue weighted by Crippen LogP contribution is 2.20. The summed E-state index contributed by atoms with van der Waals surface area (Å²) in [5, 5.41) is 3.93. The number of carbonyl (C=O) groups is 1. The Hall–Kier alpha value is -2.19. The maximum Gasteiger partial charge on any atom is 0.240 e. The first-order chi connectivity index (χ1) is 13.8. The highest BCUT2D eigenvalue weighted by molar-refractivity contribution is 7.89. The first-order valence-corrected chi connectivity index (χ1v) is 11.5. The van der Waals surface area contributed by atoms with Crippen LogP contribution in [0.2, 0.25) is 0 Å². The summed E-state index contributed by atoms with van der Waals surface area (Å²) < 4.78 is 32.8. The summed E-state index contributed by atoms with van der Waals surface area (Å²) in [7, 11) is -3.53. The Morgan fingerprint density at radius 3 is 2.62 bits per heavy atom. The molecule has 0 spiro atoms. The molecule has 1 aromatic heterocycles. The zero-order valence-corrected chi connectivity index (χ0v) is 18.1. The zero-order valence-electron chi connectivity index (χ0n) is 17.3. The normalized spacial score (nSPS) is 17.5. The van der Waals surface area contributed by atoms with Crippen LogP contribution in [0.5, 0.6) is 0 Å². The van der Waals surface area contributed by atoms with E-state index in [1.54, 1.807) is 24.3 Å². The van der Waals surface area contributed by atoms with Gasteiger partial charge < -0.3 is 9.42 Å². The monoisotopic (exact) mass is 419 g/mol. The van der Waals surface area contributed by atoms with Gasteiger partial charge in [-0.25, -0.2) is 13.1 Å². The lowest BCUT2D eigenvalue weighted by Gasteiger charge is -2.33. The third-order valence-corrected chi connectivity index (χ3v) is 6.97. The predicted octanol–water partition coefficient (Wildman–Crippen LogP) is 2.75. The molecule has 1 saturated heterocycles. The molecule has 0 bridgehead atoms. The van der Waals surface area contributed by atoms with Gasteiger partial charge in [0.15, 0.2) is 0 Å². The van der Waals surface area contributed by atoms with Crippen molar-refractivity contribution >= 4 is 15.9 Å². The average molecular weight is 420 g/mol. The van der Waals surface area contributed by atoms with Gasteiger partial charge in [0.2, 0.25) is 15.9 Å². The van der Waals surface area contributed by atoms with E-state index in [0.29, 0.717) is 25.9 Å². The number of amides is 1. The van der Waals surface area contributed by atoms with Crippen LogP contribution in [0, 0.1) is 26.7 Å². The molecule has 1 N–H and O–H groups in total. The minimum absolute atomic E-state index is 0.0936. The van der Waals surface area contributed by atoms with E-state index in [9.17, 15) is 13.2 Å². The van der Waals surface area contributed by atoms with E-state index in [1.807, 2.05) is 25.7 Å². The predicted molar refractivity (Wildman–Crippen MR) is 110 cm³/mol. The Bertz CT molecular complexity index is 931. The van der Waals surface area contributed by atoms with Gasteiger partial charge >= 0.3 is 0 Å². The molecule has 158 valence electrons. The van der Waals surface area contributed by atoms with E-state index in [0.717, 1.165) is 42.0 Å². The molecule has 3 rings (SSSR count). The van der Waals surface area contributed by atoms with Crippen molar-refractivity contribution < 1.29 is 17.7 Å². The molecule has 7 nitrogen and oxygen atoms in total. The number of aromatic nitrogens is 1. The zero-order chi connectivity index (χ0) is 21.0. The third kappa shape index (κ3) is 5.45. The number of nitrogens with one attached hydrogen (secondary N) is 1. The van der Waals surface area contributed by atoms with Crippen LogP contribution in [0.4, 0.5) is 0 Å². The molecule has 1 aromatic carbocycles. The van der Waals surface area contributed by atoms with E-state index in [2.05, 4.69) is 9.88 Å². The van der Waals surface area contributed by atoms with Crippen molar-refractivity contribution in [1.29, 1.82) is 0 Å². The number of rotatable bonds is 7. The summed E-state index contributed by atoms with van der Waals surface area (Å²) in [5.74, 6) is 0.973. The van der Waals surface area contributed by atoms with Crippen molar-refractivity contribution in [2.75, 3.05) is 19.6 Å². The lowest BCUT2D eigenvalue weighted by Crippen LogP contribution is -2.43. The fourth-order valence-corrected chi connectivity index (χ4v) is 4.85. The van der Waals surface area contributed by atoms with Crippen LogP contribution in [0.15, 0.2) is 33.7 Å². The Balaban J connectivity index is 1.52. The molecule has 1 aliphatic heterocycles. The number of piperidine rings is 1. The average Bonchev–Trinajstić information content (AvgIpc) is 3.03. The maximum absolute atomic E-state index is 12.7. The van der Waals surface area contributed by atoms with Crippen molar-refractivity contribution in [3.63, 3.8) is 0 Å². The van der Waals surface area contributed by atoms with Crippen LogP contribution in [0.25, 0.3) is 0 Å². The second-order valence-corrected chi connectivity index (χ2v) is 9.58. The van der Waals surface area contributed by atoms with Crippen LogP contribution in [0.3, 0.4) is 0 Å². The molecule has 2 heterocycles.